The fourth-order valence-electron chi connectivity index (χ4n) is 2.46. The number of allylic oxidation sites excluding steroid dienone is 1. The number of esters is 2. The fraction of sp³-hybridized carbons (Fsp3) is 0.524. The van der Waals surface area contributed by atoms with Crippen molar-refractivity contribution in [3.8, 4) is 11.5 Å². The van der Waals surface area contributed by atoms with E-state index in [1.165, 1.54) is 12.1 Å². The first kappa shape index (κ1) is 21.9. The van der Waals surface area contributed by atoms with Crippen LogP contribution in [0.4, 0.5) is 4.39 Å². The maximum absolute atomic E-state index is 14.4. The molecular weight excluding hydrogens is 335 g/mol. The summed E-state index contributed by atoms with van der Waals surface area (Å²) in [7, 11) is 0. The van der Waals surface area contributed by atoms with Crippen molar-refractivity contribution in [1.29, 1.82) is 0 Å². The van der Waals surface area contributed by atoms with Crippen LogP contribution in [0.25, 0.3) is 0 Å². The summed E-state index contributed by atoms with van der Waals surface area (Å²) in [5.74, 6) is -2.08. The van der Waals surface area contributed by atoms with Gasteiger partial charge in [0.25, 0.3) is 0 Å². The number of hydrogen-bond donors (Lipinski definition) is 0. The van der Waals surface area contributed by atoms with Crippen molar-refractivity contribution in [3.63, 3.8) is 0 Å². The average Bonchev–Trinajstić information content (AvgIpc) is 2.59. The van der Waals surface area contributed by atoms with E-state index in [1.54, 1.807) is 6.08 Å². The minimum atomic E-state index is -0.718. The molecule has 0 atom stereocenters. The van der Waals surface area contributed by atoms with Gasteiger partial charge in [0, 0.05) is 12.8 Å². The van der Waals surface area contributed by atoms with Gasteiger partial charge in [-0.25, -0.2) is 4.39 Å². The van der Waals surface area contributed by atoms with E-state index in [9.17, 15) is 14.0 Å². The standard InChI is InChI=1S/C21H29FO4/c1-4-7-9-12-19(23)25-18-15-16(11-6-3)14-17(22)21(18)26-20(24)13-10-8-5-2/h6,14-15H,3-5,7-13H2,1-2H3. The third kappa shape index (κ3) is 7.81. The Labute approximate surface area is 155 Å². The lowest BCUT2D eigenvalue weighted by Gasteiger charge is -2.13. The van der Waals surface area contributed by atoms with Crippen molar-refractivity contribution >= 4 is 11.9 Å². The molecule has 26 heavy (non-hydrogen) atoms. The van der Waals surface area contributed by atoms with Gasteiger partial charge in [-0.1, -0.05) is 45.6 Å². The molecule has 144 valence electrons. The number of carbonyl (C=O) groups is 2. The smallest absolute Gasteiger partial charge is 0.311 e. The lowest BCUT2D eigenvalue weighted by molar-refractivity contribution is -0.137. The molecule has 0 unspecified atom stereocenters. The first-order valence-electron chi connectivity index (χ1n) is 9.36. The highest BCUT2D eigenvalue weighted by atomic mass is 19.1. The van der Waals surface area contributed by atoms with E-state index in [4.69, 9.17) is 9.47 Å². The van der Waals surface area contributed by atoms with Crippen molar-refractivity contribution in [2.75, 3.05) is 0 Å². The Hall–Kier alpha value is -2.17. The van der Waals surface area contributed by atoms with Crippen molar-refractivity contribution < 1.29 is 23.5 Å². The van der Waals surface area contributed by atoms with E-state index in [2.05, 4.69) is 6.58 Å². The van der Waals surface area contributed by atoms with Crippen LogP contribution in [0.3, 0.4) is 0 Å². The van der Waals surface area contributed by atoms with Crippen molar-refractivity contribution in [3.05, 3.63) is 36.2 Å². The summed E-state index contributed by atoms with van der Waals surface area (Å²) < 4.78 is 24.9. The highest BCUT2D eigenvalue weighted by molar-refractivity contribution is 5.76. The zero-order valence-corrected chi connectivity index (χ0v) is 15.8. The highest BCUT2D eigenvalue weighted by Crippen LogP contribution is 2.33. The molecule has 1 aromatic rings. The zero-order chi connectivity index (χ0) is 19.4. The van der Waals surface area contributed by atoms with Gasteiger partial charge in [0.2, 0.25) is 5.75 Å². The molecule has 0 saturated heterocycles. The van der Waals surface area contributed by atoms with Crippen LogP contribution < -0.4 is 9.47 Å². The Bertz CT molecular complexity index is 610. The van der Waals surface area contributed by atoms with E-state index in [-0.39, 0.29) is 24.3 Å². The fourth-order valence-corrected chi connectivity index (χ4v) is 2.46. The minimum absolute atomic E-state index is 0.0489. The minimum Gasteiger partial charge on any atom is -0.422 e. The van der Waals surface area contributed by atoms with E-state index in [1.807, 2.05) is 13.8 Å². The predicted molar refractivity (Wildman–Crippen MR) is 99.9 cm³/mol. The zero-order valence-electron chi connectivity index (χ0n) is 15.8. The SMILES string of the molecule is C=CCc1cc(F)c(OC(=O)CCCCC)c(OC(=O)CCCCC)c1. The van der Waals surface area contributed by atoms with Crippen LogP contribution >= 0.6 is 0 Å². The van der Waals surface area contributed by atoms with E-state index >= 15 is 0 Å². The van der Waals surface area contributed by atoms with Gasteiger partial charge >= 0.3 is 11.9 Å². The first-order chi connectivity index (χ1) is 12.5. The van der Waals surface area contributed by atoms with Gasteiger partial charge in [-0.15, -0.1) is 6.58 Å². The molecule has 4 nitrogen and oxygen atoms in total. The molecule has 0 amide bonds. The van der Waals surface area contributed by atoms with Gasteiger partial charge in [-0.3, -0.25) is 9.59 Å². The summed E-state index contributed by atoms with van der Waals surface area (Å²) >= 11 is 0. The Kier molecular flexibility index (Phi) is 10.3. The molecule has 1 rings (SSSR count). The Morgan fingerprint density at radius 2 is 1.58 bits per heavy atom. The average molecular weight is 364 g/mol. The molecule has 0 aromatic heterocycles. The van der Waals surface area contributed by atoms with Crippen molar-refractivity contribution in [1.82, 2.24) is 0 Å². The number of halogens is 1. The lowest BCUT2D eigenvalue weighted by Crippen LogP contribution is -2.13. The molecule has 0 bridgehead atoms. The van der Waals surface area contributed by atoms with Crippen LogP contribution in [0.15, 0.2) is 24.8 Å². The summed E-state index contributed by atoms with van der Waals surface area (Å²) in [6.45, 7) is 7.69. The van der Waals surface area contributed by atoms with Crippen LogP contribution in [0.2, 0.25) is 0 Å². The number of hydrogen-bond acceptors (Lipinski definition) is 4. The molecule has 0 N–H and O–H groups in total. The van der Waals surface area contributed by atoms with Gasteiger partial charge in [0.05, 0.1) is 0 Å². The summed E-state index contributed by atoms with van der Waals surface area (Å²) in [4.78, 5) is 24.0. The predicted octanol–water partition coefficient (Wildman–Crippen LogP) is 5.53. The van der Waals surface area contributed by atoms with Crippen LogP contribution in [0.5, 0.6) is 11.5 Å². The summed E-state index contributed by atoms with van der Waals surface area (Å²) in [5, 5.41) is 0. The van der Waals surface area contributed by atoms with E-state index in [0.29, 0.717) is 24.8 Å². The third-order valence-corrected chi connectivity index (χ3v) is 3.86. The highest BCUT2D eigenvalue weighted by Gasteiger charge is 2.19. The molecule has 0 radical (unpaired) electrons. The Balaban J connectivity index is 2.93. The molecule has 0 fully saturated rings. The second kappa shape index (κ2) is 12.2. The number of benzene rings is 1. The molecule has 0 saturated carbocycles. The first-order valence-corrected chi connectivity index (χ1v) is 9.36. The van der Waals surface area contributed by atoms with Crippen LogP contribution in [0.1, 0.15) is 70.8 Å². The van der Waals surface area contributed by atoms with Gasteiger partial charge < -0.3 is 9.47 Å². The molecule has 0 heterocycles. The van der Waals surface area contributed by atoms with Crippen LogP contribution in [0, 0.1) is 5.82 Å². The summed E-state index contributed by atoms with van der Waals surface area (Å²) in [5.41, 5.74) is 0.597. The Morgan fingerprint density at radius 1 is 1.00 bits per heavy atom. The molecule has 0 aliphatic carbocycles. The molecule has 0 spiro atoms. The van der Waals surface area contributed by atoms with Crippen LogP contribution in [-0.2, 0) is 16.0 Å². The van der Waals surface area contributed by atoms with E-state index < -0.39 is 17.8 Å². The topological polar surface area (TPSA) is 52.6 Å². The molecule has 0 aliphatic heterocycles. The monoisotopic (exact) mass is 364 g/mol. The van der Waals surface area contributed by atoms with Gasteiger partial charge in [0.1, 0.15) is 0 Å². The second-order valence-electron chi connectivity index (χ2n) is 6.26. The quantitative estimate of drug-likeness (QED) is 0.212. The second-order valence-corrected chi connectivity index (χ2v) is 6.26. The van der Waals surface area contributed by atoms with E-state index in [0.717, 1.165) is 25.7 Å². The Morgan fingerprint density at radius 3 is 2.12 bits per heavy atom. The molecule has 0 aliphatic rings. The number of carbonyl (C=O) groups excluding carboxylic acids is 2. The number of ether oxygens (including phenoxy) is 2. The molecule has 5 heteroatoms. The maximum atomic E-state index is 14.4. The molecule has 1 aromatic carbocycles. The van der Waals surface area contributed by atoms with Gasteiger partial charge in [0.15, 0.2) is 11.6 Å². The van der Waals surface area contributed by atoms with Gasteiger partial charge in [-0.2, -0.15) is 0 Å². The largest absolute Gasteiger partial charge is 0.422 e. The summed E-state index contributed by atoms with van der Waals surface area (Å²) in [6.07, 6.45) is 7.63. The number of unbranched alkanes of at least 4 members (excludes halogenated alkanes) is 4. The normalized spacial score (nSPS) is 10.4. The lowest BCUT2D eigenvalue weighted by atomic mass is 10.1. The van der Waals surface area contributed by atoms with Gasteiger partial charge in [-0.05, 0) is 37.0 Å². The van der Waals surface area contributed by atoms with Crippen LogP contribution in [-0.4, -0.2) is 11.9 Å². The maximum Gasteiger partial charge on any atom is 0.311 e. The number of rotatable bonds is 12. The van der Waals surface area contributed by atoms with Crippen molar-refractivity contribution in [2.45, 2.75) is 71.6 Å². The van der Waals surface area contributed by atoms with Crippen molar-refractivity contribution in [2.24, 2.45) is 0 Å². The third-order valence-electron chi connectivity index (χ3n) is 3.86. The summed E-state index contributed by atoms with van der Waals surface area (Å²) in [6, 6.07) is 2.79. The molecular formula is C21H29FO4.